The summed E-state index contributed by atoms with van der Waals surface area (Å²) in [4.78, 5) is 24.3. The molecule has 0 saturated heterocycles. The van der Waals surface area contributed by atoms with E-state index >= 15 is 0 Å². The van der Waals surface area contributed by atoms with E-state index in [9.17, 15) is 24.2 Å². The number of carboxylic acid groups (broad SMARTS) is 1. The van der Waals surface area contributed by atoms with Gasteiger partial charge in [0, 0.05) is 11.1 Å². The van der Waals surface area contributed by atoms with Gasteiger partial charge in [-0.15, -0.1) is 0 Å². The second-order valence-electron chi connectivity index (χ2n) is 8.24. The van der Waals surface area contributed by atoms with E-state index in [-0.39, 0.29) is 18.2 Å². The number of amides is 1. The third-order valence-electron chi connectivity index (χ3n) is 6.00. The number of aldehydes is 1. The highest BCUT2D eigenvalue weighted by Crippen LogP contribution is 2.31. The summed E-state index contributed by atoms with van der Waals surface area (Å²) in [7, 11) is 0. The first-order valence-electron chi connectivity index (χ1n) is 10.8. The molecule has 0 aliphatic heterocycles. The van der Waals surface area contributed by atoms with Gasteiger partial charge in [-0.1, -0.05) is 29.8 Å². The summed E-state index contributed by atoms with van der Waals surface area (Å²) >= 11 is 6.00. The molecule has 4 rings (SSSR count). The number of hydrogen-bond acceptors (Lipinski definition) is 4. The van der Waals surface area contributed by atoms with Crippen molar-refractivity contribution in [3.63, 3.8) is 0 Å². The van der Waals surface area contributed by atoms with Crippen molar-refractivity contribution in [3.05, 3.63) is 93.8 Å². The molecule has 0 heterocycles. The van der Waals surface area contributed by atoms with Gasteiger partial charge in [0.1, 0.15) is 17.3 Å². The second kappa shape index (κ2) is 10.2. The number of nitrogens with zero attached hydrogens (tertiary/aromatic N) is 1. The van der Waals surface area contributed by atoms with Crippen LogP contribution in [0.3, 0.4) is 0 Å². The zero-order valence-corrected chi connectivity index (χ0v) is 18.9. The monoisotopic (exact) mass is 483 g/mol. The number of fused-ring (bicyclic) bond motifs is 1. The number of hydrogen-bond donors (Lipinski definition) is 2. The first kappa shape index (κ1) is 23.7. The van der Waals surface area contributed by atoms with Gasteiger partial charge in [0.05, 0.1) is 18.2 Å². The molecule has 0 spiro atoms. The average Bonchev–Trinajstić information content (AvgIpc) is 2.83. The van der Waals surface area contributed by atoms with Crippen LogP contribution in [0.25, 0.3) is 0 Å². The molecule has 6 nitrogen and oxygen atoms in total. The van der Waals surface area contributed by atoms with Crippen LogP contribution in [0.2, 0.25) is 5.02 Å². The molecule has 1 aliphatic carbocycles. The molecular formula is C26H23ClFNO5. The maximum Gasteiger partial charge on any atom is 0.407 e. The highest BCUT2D eigenvalue weighted by molar-refractivity contribution is 6.30. The van der Waals surface area contributed by atoms with Gasteiger partial charge >= 0.3 is 6.09 Å². The molecule has 2 N–H and O–H groups in total. The van der Waals surface area contributed by atoms with Crippen LogP contribution in [0, 0.1) is 5.82 Å². The van der Waals surface area contributed by atoms with E-state index in [1.165, 1.54) is 23.1 Å². The lowest BCUT2D eigenvalue weighted by atomic mass is 9.87. The Balaban J connectivity index is 1.50. The quantitative estimate of drug-likeness (QED) is 0.424. The summed E-state index contributed by atoms with van der Waals surface area (Å²) in [5.74, 6) is 0.209. The first-order chi connectivity index (χ1) is 16.3. The third kappa shape index (κ3) is 5.38. The molecule has 0 fully saturated rings. The Labute approximate surface area is 201 Å². The van der Waals surface area contributed by atoms with Gasteiger partial charge in [0.15, 0.2) is 6.29 Å². The minimum Gasteiger partial charge on any atom is -0.465 e. The zero-order chi connectivity index (χ0) is 24.2. The lowest BCUT2D eigenvalue weighted by molar-refractivity contribution is 0.0727. The molecule has 1 amide bonds. The van der Waals surface area contributed by atoms with E-state index in [0.717, 1.165) is 11.1 Å². The van der Waals surface area contributed by atoms with E-state index in [1.807, 2.05) is 12.1 Å². The molecule has 3 aromatic rings. The Kier molecular flexibility index (Phi) is 7.14. The predicted octanol–water partition coefficient (Wildman–Crippen LogP) is 5.65. The fraction of sp³-hybridized carbons (Fsp3) is 0.231. The van der Waals surface area contributed by atoms with E-state index in [2.05, 4.69) is 0 Å². The number of aliphatic hydroxyl groups is 1. The maximum absolute atomic E-state index is 13.6. The Hall–Kier alpha value is -3.42. The van der Waals surface area contributed by atoms with Gasteiger partial charge < -0.3 is 19.8 Å². The van der Waals surface area contributed by atoms with E-state index < -0.39 is 18.0 Å². The first-order valence-corrected chi connectivity index (χ1v) is 11.2. The lowest BCUT2D eigenvalue weighted by Crippen LogP contribution is -2.44. The lowest BCUT2D eigenvalue weighted by Gasteiger charge is -2.34. The second-order valence-corrected chi connectivity index (χ2v) is 8.67. The molecule has 0 aromatic heterocycles. The van der Waals surface area contributed by atoms with Crippen molar-refractivity contribution in [2.45, 2.75) is 31.4 Å². The molecule has 0 radical (unpaired) electrons. The Morgan fingerprint density at radius 1 is 1.15 bits per heavy atom. The van der Waals surface area contributed by atoms with Crippen molar-refractivity contribution in [3.8, 4) is 11.5 Å². The normalized spacial score (nSPS) is 15.8. The van der Waals surface area contributed by atoms with Crippen molar-refractivity contribution in [2.24, 2.45) is 0 Å². The van der Waals surface area contributed by atoms with E-state index in [1.54, 1.807) is 30.3 Å². The predicted molar refractivity (Wildman–Crippen MR) is 125 cm³/mol. The summed E-state index contributed by atoms with van der Waals surface area (Å²) in [5, 5.41) is 20.9. The Morgan fingerprint density at radius 2 is 1.91 bits per heavy atom. The number of rotatable bonds is 7. The molecule has 8 heteroatoms. The molecule has 0 unspecified atom stereocenters. The number of aryl methyl sites for hydroxylation is 1. The largest absolute Gasteiger partial charge is 0.465 e. The van der Waals surface area contributed by atoms with Crippen LogP contribution < -0.4 is 4.74 Å². The summed E-state index contributed by atoms with van der Waals surface area (Å²) in [6.45, 7) is -0.0735. The summed E-state index contributed by atoms with van der Waals surface area (Å²) in [5.41, 5.74) is 2.50. The summed E-state index contributed by atoms with van der Waals surface area (Å²) in [6, 6.07) is 15.9. The highest BCUT2D eigenvalue weighted by atomic mass is 35.5. The van der Waals surface area contributed by atoms with Gasteiger partial charge in [-0.2, -0.15) is 0 Å². The molecule has 2 atom stereocenters. The zero-order valence-electron chi connectivity index (χ0n) is 18.2. The van der Waals surface area contributed by atoms with Crippen LogP contribution in [-0.2, 0) is 12.8 Å². The van der Waals surface area contributed by atoms with Crippen molar-refractivity contribution in [1.29, 1.82) is 0 Å². The van der Waals surface area contributed by atoms with Crippen LogP contribution in [0.4, 0.5) is 9.18 Å². The Morgan fingerprint density at radius 3 is 2.65 bits per heavy atom. The van der Waals surface area contributed by atoms with Crippen molar-refractivity contribution >= 4 is 24.0 Å². The fourth-order valence-electron chi connectivity index (χ4n) is 4.24. The van der Waals surface area contributed by atoms with E-state index in [0.29, 0.717) is 47.6 Å². The topological polar surface area (TPSA) is 87.1 Å². The van der Waals surface area contributed by atoms with Crippen LogP contribution in [0.15, 0.2) is 60.7 Å². The molecule has 0 bridgehead atoms. The Bertz CT molecular complexity index is 1220. The van der Waals surface area contributed by atoms with Gasteiger partial charge in [-0.3, -0.25) is 4.79 Å². The molecule has 176 valence electrons. The smallest absolute Gasteiger partial charge is 0.407 e. The number of aliphatic hydroxyl groups excluding tert-OH is 1. The number of carbonyl (C=O) groups excluding carboxylic acids is 1. The van der Waals surface area contributed by atoms with Gasteiger partial charge in [0.2, 0.25) is 0 Å². The number of benzene rings is 3. The van der Waals surface area contributed by atoms with Crippen molar-refractivity contribution in [1.82, 2.24) is 4.90 Å². The van der Waals surface area contributed by atoms with E-state index in [4.69, 9.17) is 16.3 Å². The van der Waals surface area contributed by atoms with Crippen molar-refractivity contribution < 1.29 is 28.9 Å². The van der Waals surface area contributed by atoms with Crippen LogP contribution in [-0.4, -0.2) is 40.1 Å². The highest BCUT2D eigenvalue weighted by Gasteiger charge is 2.30. The molecule has 34 heavy (non-hydrogen) atoms. The van der Waals surface area contributed by atoms with Gasteiger partial charge in [-0.25, -0.2) is 9.18 Å². The maximum atomic E-state index is 13.6. The van der Waals surface area contributed by atoms with Gasteiger partial charge in [-0.05, 0) is 78.4 Å². The molecule has 0 saturated carbocycles. The third-order valence-corrected chi connectivity index (χ3v) is 6.23. The fourth-order valence-corrected chi connectivity index (χ4v) is 4.44. The van der Waals surface area contributed by atoms with Gasteiger partial charge in [0.25, 0.3) is 0 Å². The molecule has 3 aromatic carbocycles. The minimum atomic E-state index is -1.10. The summed E-state index contributed by atoms with van der Waals surface area (Å²) in [6.07, 6.45) is 0.0965. The van der Waals surface area contributed by atoms with Crippen LogP contribution >= 0.6 is 11.6 Å². The number of ether oxygens (including phenoxy) is 1. The number of halogens is 2. The SMILES string of the molecule is O=Cc1cc(Oc2ccc3c(c2)C[C@@H](N(C[C@H](O)c2cccc(Cl)c2)C(=O)O)CC3)ccc1F. The van der Waals surface area contributed by atoms with Crippen LogP contribution in [0.1, 0.15) is 39.6 Å². The van der Waals surface area contributed by atoms with Crippen molar-refractivity contribution in [2.75, 3.05) is 6.54 Å². The molecule has 1 aliphatic rings. The standard InChI is InChI=1S/C26H23ClFNO5/c27-20-3-1-2-17(10-20)25(31)14-29(26(32)33)21-6-4-16-5-7-22(12-18(16)11-21)34-23-8-9-24(28)19(13-23)15-30/h1-3,5,7-10,12-13,15,21,25,31H,4,6,11,14H2,(H,32,33)/t21-,25-/m0/s1. The average molecular weight is 484 g/mol. The van der Waals surface area contributed by atoms with Crippen LogP contribution in [0.5, 0.6) is 11.5 Å². The number of carbonyl (C=O) groups is 2. The summed E-state index contributed by atoms with van der Waals surface area (Å²) < 4.78 is 19.4. The molecular weight excluding hydrogens is 461 g/mol. The minimum absolute atomic E-state index is 0.0735.